The second-order valence-corrected chi connectivity index (χ2v) is 7.08. The molecule has 27 heavy (non-hydrogen) atoms. The average molecular weight is 386 g/mol. The highest BCUT2D eigenvalue weighted by Gasteiger charge is 2.18. The summed E-state index contributed by atoms with van der Waals surface area (Å²) in [7, 11) is 1.61. The number of benzene rings is 2. The number of H-pyrrole nitrogens is 1. The van der Waals surface area contributed by atoms with Crippen LogP contribution in [0.1, 0.15) is 12.5 Å². The van der Waals surface area contributed by atoms with E-state index in [4.69, 9.17) is 4.74 Å². The number of thioether (sulfide) groups is 1. The van der Waals surface area contributed by atoms with Gasteiger partial charge in [-0.3, -0.25) is 9.89 Å². The van der Waals surface area contributed by atoms with Crippen molar-refractivity contribution in [3.05, 3.63) is 59.9 Å². The number of hydrogen-bond donors (Lipinski definition) is 2. The van der Waals surface area contributed by atoms with Gasteiger partial charge in [-0.1, -0.05) is 36.0 Å². The van der Waals surface area contributed by atoms with Gasteiger partial charge in [0.15, 0.2) is 5.82 Å². The quantitative estimate of drug-likeness (QED) is 0.608. The summed E-state index contributed by atoms with van der Waals surface area (Å²) in [5.41, 5.74) is 1.31. The molecule has 3 rings (SSSR count). The van der Waals surface area contributed by atoms with Crippen LogP contribution in [0, 0.1) is 5.82 Å². The van der Waals surface area contributed by atoms with Crippen molar-refractivity contribution in [1.82, 2.24) is 20.5 Å². The van der Waals surface area contributed by atoms with E-state index in [1.54, 1.807) is 32.2 Å². The van der Waals surface area contributed by atoms with Crippen molar-refractivity contribution in [1.29, 1.82) is 0 Å². The Morgan fingerprint density at radius 3 is 2.70 bits per heavy atom. The first-order valence-corrected chi connectivity index (χ1v) is 9.19. The van der Waals surface area contributed by atoms with Gasteiger partial charge >= 0.3 is 0 Å². The molecular formula is C19H19FN4O2S. The van der Waals surface area contributed by atoms with Gasteiger partial charge in [0.1, 0.15) is 11.6 Å². The molecule has 1 amide bonds. The summed E-state index contributed by atoms with van der Waals surface area (Å²) >= 11 is 1.21. The second kappa shape index (κ2) is 8.68. The summed E-state index contributed by atoms with van der Waals surface area (Å²) in [6.45, 7) is 2.19. The Balaban J connectivity index is 1.56. The van der Waals surface area contributed by atoms with Crippen molar-refractivity contribution < 1.29 is 13.9 Å². The van der Waals surface area contributed by atoms with E-state index in [1.807, 2.05) is 24.3 Å². The van der Waals surface area contributed by atoms with Crippen LogP contribution in [0.2, 0.25) is 0 Å². The molecule has 0 unspecified atom stereocenters. The highest BCUT2D eigenvalue weighted by atomic mass is 32.2. The predicted octanol–water partition coefficient (Wildman–Crippen LogP) is 3.42. The lowest BCUT2D eigenvalue weighted by Gasteiger charge is -2.10. The lowest BCUT2D eigenvalue weighted by atomic mass is 10.2. The number of aromatic amines is 1. The molecule has 0 aliphatic carbocycles. The van der Waals surface area contributed by atoms with E-state index in [1.165, 1.54) is 17.8 Å². The third kappa shape index (κ3) is 4.85. The number of ether oxygens (including phenoxy) is 1. The molecule has 140 valence electrons. The zero-order valence-corrected chi connectivity index (χ0v) is 15.7. The fourth-order valence-electron chi connectivity index (χ4n) is 2.36. The Morgan fingerprint density at radius 2 is 2.00 bits per heavy atom. The molecule has 3 aromatic rings. The minimum absolute atomic E-state index is 0.131. The van der Waals surface area contributed by atoms with Crippen LogP contribution in [0.3, 0.4) is 0 Å². The summed E-state index contributed by atoms with van der Waals surface area (Å²) < 4.78 is 18.9. The maximum atomic E-state index is 13.8. The Labute approximate surface area is 160 Å². The number of amides is 1. The van der Waals surface area contributed by atoms with Crippen LogP contribution in [-0.4, -0.2) is 33.4 Å². The molecule has 0 aliphatic heterocycles. The minimum atomic E-state index is -0.396. The van der Waals surface area contributed by atoms with Crippen LogP contribution >= 0.6 is 11.8 Å². The molecule has 0 saturated carbocycles. The lowest BCUT2D eigenvalue weighted by Crippen LogP contribution is -2.30. The highest BCUT2D eigenvalue weighted by molar-refractivity contribution is 8.00. The predicted molar refractivity (Wildman–Crippen MR) is 102 cm³/mol. The van der Waals surface area contributed by atoms with Gasteiger partial charge in [0.25, 0.3) is 0 Å². The molecule has 1 heterocycles. The normalized spacial score (nSPS) is 11.8. The molecular weight excluding hydrogens is 367 g/mol. The summed E-state index contributed by atoms with van der Waals surface area (Å²) in [4.78, 5) is 16.6. The van der Waals surface area contributed by atoms with Crippen molar-refractivity contribution in [2.75, 3.05) is 7.11 Å². The standard InChI is InChI=1S/C19H19FN4O2S/c1-12(18(25)21-11-13-7-9-14(26-2)10-8-13)27-19-22-17(23-24-19)15-5-3-4-6-16(15)20/h3-10,12H,11H2,1-2H3,(H,21,25)(H,22,23,24)/t12-/m1/s1. The van der Waals surface area contributed by atoms with Gasteiger partial charge in [-0.15, -0.1) is 5.10 Å². The molecule has 0 aliphatic rings. The summed E-state index contributed by atoms with van der Waals surface area (Å²) in [5.74, 6) is 0.592. The van der Waals surface area contributed by atoms with Crippen LogP contribution in [0.4, 0.5) is 4.39 Å². The number of hydrogen-bond acceptors (Lipinski definition) is 5. The SMILES string of the molecule is COc1ccc(CNC(=O)[C@@H](C)Sc2n[nH]c(-c3ccccc3F)n2)cc1. The average Bonchev–Trinajstić information content (AvgIpc) is 3.15. The van der Waals surface area contributed by atoms with Crippen molar-refractivity contribution in [3.63, 3.8) is 0 Å². The third-order valence-electron chi connectivity index (χ3n) is 3.87. The van der Waals surface area contributed by atoms with Gasteiger partial charge in [-0.25, -0.2) is 9.37 Å². The zero-order valence-electron chi connectivity index (χ0n) is 14.9. The Hall–Kier alpha value is -2.87. The number of rotatable bonds is 7. The van der Waals surface area contributed by atoms with E-state index >= 15 is 0 Å². The largest absolute Gasteiger partial charge is 0.497 e. The molecule has 0 spiro atoms. The van der Waals surface area contributed by atoms with Crippen LogP contribution in [-0.2, 0) is 11.3 Å². The second-order valence-electron chi connectivity index (χ2n) is 5.77. The van der Waals surface area contributed by atoms with Gasteiger partial charge in [0.2, 0.25) is 11.1 Å². The van der Waals surface area contributed by atoms with Gasteiger partial charge in [-0.2, -0.15) is 0 Å². The third-order valence-corrected chi connectivity index (χ3v) is 4.83. The van der Waals surface area contributed by atoms with E-state index < -0.39 is 5.25 Å². The molecule has 2 aromatic carbocycles. The van der Waals surface area contributed by atoms with Crippen molar-refractivity contribution in [3.8, 4) is 17.1 Å². The van der Waals surface area contributed by atoms with E-state index in [0.29, 0.717) is 23.1 Å². The van der Waals surface area contributed by atoms with Gasteiger partial charge in [0.05, 0.1) is 17.9 Å². The van der Waals surface area contributed by atoms with E-state index in [0.717, 1.165) is 11.3 Å². The number of halogens is 1. The van der Waals surface area contributed by atoms with Gasteiger partial charge in [-0.05, 0) is 36.8 Å². The van der Waals surface area contributed by atoms with Crippen LogP contribution in [0.5, 0.6) is 5.75 Å². The number of carbonyl (C=O) groups is 1. The monoisotopic (exact) mass is 386 g/mol. The van der Waals surface area contributed by atoms with E-state index in [2.05, 4.69) is 20.5 Å². The number of nitrogens with one attached hydrogen (secondary N) is 2. The van der Waals surface area contributed by atoms with Crippen LogP contribution < -0.4 is 10.1 Å². The van der Waals surface area contributed by atoms with Crippen molar-refractivity contribution in [2.45, 2.75) is 23.9 Å². The Bertz CT molecular complexity index is 914. The number of nitrogens with zero attached hydrogens (tertiary/aromatic N) is 2. The first kappa shape index (κ1) is 18.9. The molecule has 6 nitrogen and oxygen atoms in total. The van der Waals surface area contributed by atoms with Gasteiger partial charge < -0.3 is 10.1 Å². The molecule has 2 N–H and O–H groups in total. The number of carbonyl (C=O) groups excluding carboxylic acids is 1. The number of methoxy groups -OCH3 is 1. The van der Waals surface area contributed by atoms with Gasteiger partial charge in [0, 0.05) is 6.54 Å². The summed E-state index contributed by atoms with van der Waals surface area (Å²) in [5, 5.41) is 9.64. The minimum Gasteiger partial charge on any atom is -0.497 e. The molecule has 0 saturated heterocycles. The Kier molecular flexibility index (Phi) is 6.08. The number of aromatic nitrogens is 3. The smallest absolute Gasteiger partial charge is 0.233 e. The maximum Gasteiger partial charge on any atom is 0.233 e. The summed E-state index contributed by atoms with van der Waals surface area (Å²) in [6.07, 6.45) is 0. The van der Waals surface area contributed by atoms with Crippen molar-refractivity contribution >= 4 is 17.7 Å². The Morgan fingerprint density at radius 1 is 1.26 bits per heavy atom. The lowest BCUT2D eigenvalue weighted by molar-refractivity contribution is -0.120. The molecule has 0 bridgehead atoms. The molecule has 1 atom stereocenters. The topological polar surface area (TPSA) is 79.9 Å². The molecule has 0 fully saturated rings. The zero-order chi connectivity index (χ0) is 19.2. The maximum absolute atomic E-state index is 13.8. The van der Waals surface area contributed by atoms with Crippen molar-refractivity contribution in [2.24, 2.45) is 0 Å². The van der Waals surface area contributed by atoms with E-state index in [-0.39, 0.29) is 11.7 Å². The summed E-state index contributed by atoms with van der Waals surface area (Å²) in [6, 6.07) is 13.8. The van der Waals surface area contributed by atoms with Crippen LogP contribution in [0.15, 0.2) is 53.7 Å². The molecule has 0 radical (unpaired) electrons. The fraction of sp³-hybridized carbons (Fsp3) is 0.211. The first-order chi connectivity index (χ1) is 13.1. The molecule has 8 heteroatoms. The van der Waals surface area contributed by atoms with E-state index in [9.17, 15) is 9.18 Å². The fourth-order valence-corrected chi connectivity index (χ4v) is 3.11. The molecule has 1 aromatic heterocycles. The first-order valence-electron chi connectivity index (χ1n) is 8.31. The highest BCUT2D eigenvalue weighted by Crippen LogP contribution is 2.24. The van der Waals surface area contributed by atoms with Crippen LogP contribution in [0.25, 0.3) is 11.4 Å².